The average molecular weight is 184 g/mol. The van der Waals surface area contributed by atoms with Crippen LogP contribution in [-0.4, -0.2) is 30.6 Å². The first-order valence-electron chi connectivity index (χ1n) is 5.55. The molecule has 0 saturated heterocycles. The molecule has 2 N–H and O–H groups in total. The van der Waals surface area contributed by atoms with Crippen LogP contribution in [0.2, 0.25) is 0 Å². The summed E-state index contributed by atoms with van der Waals surface area (Å²) in [7, 11) is 2.22. The molecule has 0 atom stereocenters. The topological polar surface area (TPSA) is 29.3 Å². The second kappa shape index (κ2) is 4.97. The van der Waals surface area contributed by atoms with Gasteiger partial charge < -0.3 is 10.6 Å². The van der Waals surface area contributed by atoms with E-state index < -0.39 is 0 Å². The van der Waals surface area contributed by atoms with Crippen LogP contribution in [0.1, 0.15) is 39.5 Å². The van der Waals surface area contributed by atoms with Gasteiger partial charge in [-0.3, -0.25) is 0 Å². The van der Waals surface area contributed by atoms with Gasteiger partial charge in [0.15, 0.2) is 0 Å². The predicted octanol–water partition coefficient (Wildman–Crippen LogP) is 1.84. The minimum Gasteiger partial charge on any atom is -0.328 e. The summed E-state index contributed by atoms with van der Waals surface area (Å²) >= 11 is 0. The average Bonchev–Trinajstić information content (AvgIpc) is 2.08. The molecule has 13 heavy (non-hydrogen) atoms. The van der Waals surface area contributed by atoms with Crippen LogP contribution in [0, 0.1) is 5.92 Å². The molecule has 1 saturated carbocycles. The number of nitrogens with zero attached hydrogens (tertiary/aromatic N) is 1. The van der Waals surface area contributed by atoms with Crippen molar-refractivity contribution in [1.82, 2.24) is 4.90 Å². The first kappa shape index (κ1) is 11.0. The fourth-order valence-corrected chi connectivity index (χ4v) is 1.99. The van der Waals surface area contributed by atoms with E-state index in [1.54, 1.807) is 0 Å². The molecular weight excluding hydrogens is 160 g/mol. The van der Waals surface area contributed by atoms with Crippen LogP contribution < -0.4 is 5.73 Å². The zero-order valence-electron chi connectivity index (χ0n) is 9.29. The molecular formula is C11H24N2. The lowest BCUT2D eigenvalue weighted by molar-refractivity contribution is 0.194. The molecule has 0 radical (unpaired) electrons. The third kappa shape index (κ3) is 3.65. The Morgan fingerprint density at radius 3 is 2.23 bits per heavy atom. The zero-order valence-corrected chi connectivity index (χ0v) is 9.29. The van der Waals surface area contributed by atoms with Gasteiger partial charge in [-0.2, -0.15) is 0 Å². The Hall–Kier alpha value is -0.0800. The molecule has 0 aromatic rings. The third-order valence-electron chi connectivity index (χ3n) is 3.32. The number of nitrogens with two attached hydrogens (primary N) is 1. The second-order valence-corrected chi connectivity index (χ2v) is 4.81. The van der Waals surface area contributed by atoms with Crippen LogP contribution in [0.25, 0.3) is 0 Å². The fourth-order valence-electron chi connectivity index (χ4n) is 1.99. The molecule has 0 aromatic carbocycles. The van der Waals surface area contributed by atoms with Gasteiger partial charge in [-0.1, -0.05) is 0 Å². The molecule has 78 valence electrons. The molecule has 1 aliphatic rings. The second-order valence-electron chi connectivity index (χ2n) is 4.81. The van der Waals surface area contributed by atoms with Crippen molar-refractivity contribution in [2.45, 2.75) is 51.6 Å². The van der Waals surface area contributed by atoms with Crippen molar-refractivity contribution in [3.8, 4) is 0 Å². The SMILES string of the molecule is CC(C)N(C)CC1CCC(N)CC1. The van der Waals surface area contributed by atoms with E-state index in [2.05, 4.69) is 25.8 Å². The van der Waals surface area contributed by atoms with Crippen molar-refractivity contribution in [3.05, 3.63) is 0 Å². The van der Waals surface area contributed by atoms with E-state index in [-0.39, 0.29) is 0 Å². The minimum atomic E-state index is 0.487. The zero-order chi connectivity index (χ0) is 9.84. The number of rotatable bonds is 3. The molecule has 0 aromatic heterocycles. The standard InChI is InChI=1S/C11H24N2/c1-9(2)13(3)8-10-4-6-11(12)7-5-10/h9-11H,4-8,12H2,1-3H3. The quantitative estimate of drug-likeness (QED) is 0.725. The van der Waals surface area contributed by atoms with E-state index in [0.29, 0.717) is 12.1 Å². The molecule has 0 aliphatic heterocycles. The maximum atomic E-state index is 5.87. The molecule has 1 rings (SSSR count). The smallest absolute Gasteiger partial charge is 0.00390 e. The first-order chi connectivity index (χ1) is 6.09. The number of hydrogen-bond donors (Lipinski definition) is 1. The van der Waals surface area contributed by atoms with E-state index in [1.807, 2.05) is 0 Å². The Labute approximate surface area is 82.5 Å². The summed E-state index contributed by atoms with van der Waals surface area (Å²) in [4.78, 5) is 2.45. The predicted molar refractivity (Wildman–Crippen MR) is 57.7 cm³/mol. The van der Waals surface area contributed by atoms with E-state index >= 15 is 0 Å². The molecule has 0 heterocycles. The summed E-state index contributed by atoms with van der Waals surface area (Å²) in [5, 5.41) is 0. The minimum absolute atomic E-state index is 0.487. The lowest BCUT2D eigenvalue weighted by Crippen LogP contribution is -2.35. The van der Waals surface area contributed by atoms with Crippen LogP contribution in [0.15, 0.2) is 0 Å². The maximum absolute atomic E-state index is 5.87. The molecule has 0 unspecified atom stereocenters. The molecule has 0 spiro atoms. The summed E-state index contributed by atoms with van der Waals surface area (Å²) in [6.07, 6.45) is 5.13. The lowest BCUT2D eigenvalue weighted by Gasteiger charge is -2.31. The van der Waals surface area contributed by atoms with Crippen molar-refractivity contribution in [1.29, 1.82) is 0 Å². The van der Waals surface area contributed by atoms with Crippen LogP contribution in [-0.2, 0) is 0 Å². The number of hydrogen-bond acceptors (Lipinski definition) is 2. The Morgan fingerprint density at radius 2 is 1.77 bits per heavy atom. The Bertz CT molecular complexity index is 137. The monoisotopic (exact) mass is 184 g/mol. The summed E-state index contributed by atoms with van der Waals surface area (Å²) in [6, 6.07) is 1.16. The molecule has 2 heteroatoms. The maximum Gasteiger partial charge on any atom is 0.00390 e. The van der Waals surface area contributed by atoms with Gasteiger partial charge >= 0.3 is 0 Å². The van der Waals surface area contributed by atoms with Crippen LogP contribution in [0.3, 0.4) is 0 Å². The van der Waals surface area contributed by atoms with Crippen molar-refractivity contribution >= 4 is 0 Å². The van der Waals surface area contributed by atoms with Crippen LogP contribution in [0.5, 0.6) is 0 Å². The third-order valence-corrected chi connectivity index (χ3v) is 3.32. The summed E-state index contributed by atoms with van der Waals surface area (Å²) in [5.74, 6) is 0.896. The summed E-state index contributed by atoms with van der Waals surface area (Å²) in [5.41, 5.74) is 5.87. The molecule has 1 aliphatic carbocycles. The first-order valence-corrected chi connectivity index (χ1v) is 5.55. The van der Waals surface area contributed by atoms with Crippen molar-refractivity contribution in [2.75, 3.05) is 13.6 Å². The Balaban J connectivity index is 2.22. The van der Waals surface area contributed by atoms with Gasteiger partial charge in [-0.05, 0) is 52.5 Å². The largest absolute Gasteiger partial charge is 0.328 e. The van der Waals surface area contributed by atoms with E-state index in [9.17, 15) is 0 Å². The molecule has 2 nitrogen and oxygen atoms in total. The van der Waals surface area contributed by atoms with E-state index in [0.717, 1.165) is 5.92 Å². The van der Waals surface area contributed by atoms with Crippen molar-refractivity contribution < 1.29 is 0 Å². The van der Waals surface area contributed by atoms with E-state index in [4.69, 9.17) is 5.73 Å². The van der Waals surface area contributed by atoms with E-state index in [1.165, 1.54) is 32.2 Å². The highest BCUT2D eigenvalue weighted by molar-refractivity contribution is 4.76. The van der Waals surface area contributed by atoms with Crippen LogP contribution in [0.4, 0.5) is 0 Å². The summed E-state index contributed by atoms with van der Waals surface area (Å²) in [6.45, 7) is 5.77. The van der Waals surface area contributed by atoms with Gasteiger partial charge in [-0.15, -0.1) is 0 Å². The molecule has 0 bridgehead atoms. The molecule has 0 amide bonds. The van der Waals surface area contributed by atoms with Gasteiger partial charge in [0, 0.05) is 18.6 Å². The summed E-state index contributed by atoms with van der Waals surface area (Å²) < 4.78 is 0. The Kier molecular flexibility index (Phi) is 4.20. The van der Waals surface area contributed by atoms with Crippen LogP contribution >= 0.6 is 0 Å². The van der Waals surface area contributed by atoms with Gasteiger partial charge in [0.25, 0.3) is 0 Å². The highest BCUT2D eigenvalue weighted by Gasteiger charge is 2.20. The lowest BCUT2D eigenvalue weighted by atomic mass is 9.86. The van der Waals surface area contributed by atoms with Gasteiger partial charge in [0.1, 0.15) is 0 Å². The van der Waals surface area contributed by atoms with Gasteiger partial charge in [-0.25, -0.2) is 0 Å². The highest BCUT2D eigenvalue weighted by Crippen LogP contribution is 2.23. The van der Waals surface area contributed by atoms with Gasteiger partial charge in [0.2, 0.25) is 0 Å². The highest BCUT2D eigenvalue weighted by atomic mass is 15.1. The van der Waals surface area contributed by atoms with Gasteiger partial charge in [0.05, 0.1) is 0 Å². The fraction of sp³-hybridized carbons (Fsp3) is 1.00. The normalized spacial score (nSPS) is 30.0. The Morgan fingerprint density at radius 1 is 1.23 bits per heavy atom. The molecule has 1 fully saturated rings. The van der Waals surface area contributed by atoms with Crippen molar-refractivity contribution in [2.24, 2.45) is 11.7 Å². The van der Waals surface area contributed by atoms with Crippen molar-refractivity contribution in [3.63, 3.8) is 0 Å².